The monoisotopic (exact) mass is 358 g/mol. The van der Waals surface area contributed by atoms with Gasteiger partial charge in [-0.05, 0) is 28.3 Å². The first-order valence-electron chi connectivity index (χ1n) is 9.80. The Balaban J connectivity index is 1.30. The summed E-state index contributed by atoms with van der Waals surface area (Å²) in [7, 11) is 0. The zero-order valence-electron chi connectivity index (χ0n) is 15.7. The highest BCUT2D eigenvalue weighted by Crippen LogP contribution is 2.20. The molecule has 0 radical (unpaired) electrons. The molecule has 27 heavy (non-hydrogen) atoms. The van der Waals surface area contributed by atoms with Gasteiger partial charge in [-0.25, -0.2) is 0 Å². The molecule has 0 aliphatic carbocycles. The molecule has 1 amide bonds. The second kappa shape index (κ2) is 8.36. The van der Waals surface area contributed by atoms with Gasteiger partial charge in [-0.1, -0.05) is 72.8 Å². The van der Waals surface area contributed by atoms with Crippen molar-refractivity contribution in [1.82, 2.24) is 9.80 Å². The lowest BCUT2D eigenvalue weighted by Crippen LogP contribution is -2.48. The molecule has 1 fully saturated rings. The van der Waals surface area contributed by atoms with Crippen LogP contribution in [0, 0.1) is 0 Å². The highest BCUT2D eigenvalue weighted by atomic mass is 16.2. The van der Waals surface area contributed by atoms with Gasteiger partial charge in [0.25, 0.3) is 0 Å². The molecule has 3 nitrogen and oxygen atoms in total. The molecule has 0 atom stereocenters. The van der Waals surface area contributed by atoms with Crippen molar-refractivity contribution in [1.29, 1.82) is 0 Å². The van der Waals surface area contributed by atoms with Gasteiger partial charge in [-0.15, -0.1) is 0 Å². The van der Waals surface area contributed by atoms with Crippen LogP contribution in [0.5, 0.6) is 0 Å². The van der Waals surface area contributed by atoms with E-state index in [4.69, 9.17) is 0 Å². The van der Waals surface area contributed by atoms with Gasteiger partial charge in [-0.3, -0.25) is 9.69 Å². The molecule has 0 unspecified atom stereocenters. The Hall–Kier alpha value is -2.65. The number of amides is 1. The van der Waals surface area contributed by atoms with Gasteiger partial charge in [0.15, 0.2) is 0 Å². The highest BCUT2D eigenvalue weighted by molar-refractivity contribution is 5.85. The number of hydrogen-bond donors (Lipinski definition) is 0. The average molecular weight is 358 g/mol. The van der Waals surface area contributed by atoms with E-state index in [0.717, 1.165) is 39.1 Å². The summed E-state index contributed by atoms with van der Waals surface area (Å²) in [6.07, 6.45) is 1.43. The minimum absolute atomic E-state index is 0.281. The second-order valence-electron chi connectivity index (χ2n) is 7.28. The molecular weight excluding hydrogens is 332 g/mol. The summed E-state index contributed by atoms with van der Waals surface area (Å²) in [6.45, 7) is 4.50. The number of rotatable bonds is 5. The van der Waals surface area contributed by atoms with Crippen molar-refractivity contribution in [3.8, 4) is 0 Å². The molecule has 0 saturated carbocycles. The summed E-state index contributed by atoms with van der Waals surface area (Å²) < 4.78 is 0. The Morgan fingerprint density at radius 1 is 0.778 bits per heavy atom. The number of fused-ring (bicyclic) bond motifs is 1. The lowest BCUT2D eigenvalue weighted by Gasteiger charge is -2.35. The summed E-state index contributed by atoms with van der Waals surface area (Å²) in [5, 5.41) is 2.63. The third-order valence-electron chi connectivity index (χ3n) is 5.47. The summed E-state index contributed by atoms with van der Waals surface area (Å²) >= 11 is 0. The number of benzene rings is 3. The first-order valence-corrected chi connectivity index (χ1v) is 9.80. The molecule has 1 aliphatic rings. The van der Waals surface area contributed by atoms with Crippen LogP contribution < -0.4 is 0 Å². The van der Waals surface area contributed by atoms with Crippen molar-refractivity contribution in [2.24, 2.45) is 0 Å². The molecular formula is C24H26N2O. The number of hydrogen-bond acceptors (Lipinski definition) is 2. The fourth-order valence-electron chi connectivity index (χ4n) is 3.88. The number of piperazine rings is 1. The van der Waals surface area contributed by atoms with Crippen molar-refractivity contribution >= 4 is 16.7 Å². The normalized spacial score (nSPS) is 15.2. The van der Waals surface area contributed by atoms with Crippen LogP contribution in [0.3, 0.4) is 0 Å². The van der Waals surface area contributed by atoms with Crippen LogP contribution in [0.2, 0.25) is 0 Å². The van der Waals surface area contributed by atoms with Crippen molar-refractivity contribution in [3.63, 3.8) is 0 Å². The number of carbonyl (C=O) groups is 1. The van der Waals surface area contributed by atoms with E-state index < -0.39 is 0 Å². The van der Waals surface area contributed by atoms with Crippen LogP contribution in [-0.2, 0) is 17.8 Å². The molecule has 0 spiro atoms. The smallest absolute Gasteiger partial charge is 0.222 e. The van der Waals surface area contributed by atoms with E-state index in [1.165, 1.54) is 21.9 Å². The lowest BCUT2D eigenvalue weighted by atomic mass is 10.0. The van der Waals surface area contributed by atoms with Gasteiger partial charge in [0.05, 0.1) is 0 Å². The summed E-state index contributed by atoms with van der Waals surface area (Å²) in [5.41, 5.74) is 2.61. The number of aryl methyl sites for hydroxylation is 1. The van der Waals surface area contributed by atoms with Crippen molar-refractivity contribution < 1.29 is 4.79 Å². The largest absolute Gasteiger partial charge is 0.340 e. The van der Waals surface area contributed by atoms with Crippen molar-refractivity contribution in [2.75, 3.05) is 26.2 Å². The third kappa shape index (κ3) is 4.37. The molecule has 1 saturated heterocycles. The topological polar surface area (TPSA) is 23.6 Å². The van der Waals surface area contributed by atoms with E-state index in [-0.39, 0.29) is 5.91 Å². The van der Waals surface area contributed by atoms with E-state index in [2.05, 4.69) is 59.5 Å². The number of nitrogens with zero attached hydrogens (tertiary/aromatic N) is 2. The summed E-state index contributed by atoms with van der Waals surface area (Å²) in [6, 6.07) is 25.4. The Labute approximate surface area is 161 Å². The zero-order valence-corrected chi connectivity index (χ0v) is 15.7. The molecule has 0 aromatic heterocycles. The maximum Gasteiger partial charge on any atom is 0.222 e. The van der Waals surface area contributed by atoms with E-state index >= 15 is 0 Å². The summed E-state index contributed by atoms with van der Waals surface area (Å²) in [4.78, 5) is 17.0. The molecule has 4 rings (SSSR count). The Morgan fingerprint density at radius 2 is 1.48 bits per heavy atom. The van der Waals surface area contributed by atoms with Crippen LogP contribution in [0.15, 0.2) is 72.8 Å². The molecule has 1 aliphatic heterocycles. The van der Waals surface area contributed by atoms with Crippen LogP contribution in [0.25, 0.3) is 10.8 Å². The minimum atomic E-state index is 0.281. The Morgan fingerprint density at radius 3 is 2.30 bits per heavy atom. The van der Waals surface area contributed by atoms with Gasteiger partial charge in [0, 0.05) is 39.1 Å². The third-order valence-corrected chi connectivity index (χ3v) is 5.47. The molecule has 3 aromatic carbocycles. The molecule has 3 aromatic rings. The Bertz CT molecular complexity index is 893. The van der Waals surface area contributed by atoms with E-state index in [9.17, 15) is 4.79 Å². The van der Waals surface area contributed by atoms with Crippen LogP contribution in [0.4, 0.5) is 0 Å². The van der Waals surface area contributed by atoms with E-state index in [0.29, 0.717) is 6.42 Å². The molecule has 138 valence electrons. The van der Waals surface area contributed by atoms with Crippen LogP contribution in [0.1, 0.15) is 17.5 Å². The Kier molecular flexibility index (Phi) is 5.50. The first kappa shape index (κ1) is 17.7. The first-order chi connectivity index (χ1) is 13.3. The van der Waals surface area contributed by atoms with Crippen LogP contribution >= 0.6 is 0 Å². The summed E-state index contributed by atoms with van der Waals surface area (Å²) in [5.74, 6) is 0.281. The quantitative estimate of drug-likeness (QED) is 0.685. The maximum atomic E-state index is 12.5. The number of carbonyl (C=O) groups excluding carboxylic acids is 1. The predicted octanol–water partition coefficient (Wildman–Crippen LogP) is 4.12. The highest BCUT2D eigenvalue weighted by Gasteiger charge is 2.21. The van der Waals surface area contributed by atoms with Crippen molar-refractivity contribution in [2.45, 2.75) is 19.4 Å². The zero-order chi connectivity index (χ0) is 18.5. The molecule has 0 bridgehead atoms. The second-order valence-corrected chi connectivity index (χ2v) is 7.28. The lowest BCUT2D eigenvalue weighted by molar-refractivity contribution is -0.133. The standard InChI is InChI=1S/C24H26N2O/c27-24(14-13-20-7-2-1-3-8-20)26-17-15-25(16-18-26)19-22-11-6-10-21-9-4-5-12-23(21)22/h1-12H,13-19H2. The fourth-order valence-corrected chi connectivity index (χ4v) is 3.88. The van der Waals surface area contributed by atoms with Gasteiger partial charge in [0.2, 0.25) is 5.91 Å². The maximum absolute atomic E-state index is 12.5. The fraction of sp³-hybridized carbons (Fsp3) is 0.292. The van der Waals surface area contributed by atoms with Gasteiger partial charge >= 0.3 is 0 Å². The van der Waals surface area contributed by atoms with Crippen LogP contribution in [-0.4, -0.2) is 41.9 Å². The minimum Gasteiger partial charge on any atom is -0.340 e. The average Bonchev–Trinajstić information content (AvgIpc) is 2.74. The van der Waals surface area contributed by atoms with Crippen molar-refractivity contribution in [3.05, 3.63) is 83.9 Å². The van der Waals surface area contributed by atoms with E-state index in [1.54, 1.807) is 0 Å². The molecule has 0 N–H and O–H groups in total. The van der Waals surface area contributed by atoms with E-state index in [1.807, 2.05) is 23.1 Å². The van der Waals surface area contributed by atoms with Gasteiger partial charge in [-0.2, -0.15) is 0 Å². The van der Waals surface area contributed by atoms with Gasteiger partial charge < -0.3 is 4.90 Å². The molecule has 1 heterocycles. The van der Waals surface area contributed by atoms with Gasteiger partial charge in [0.1, 0.15) is 0 Å². The molecule has 3 heteroatoms. The predicted molar refractivity (Wildman–Crippen MR) is 111 cm³/mol. The SMILES string of the molecule is O=C(CCc1ccccc1)N1CCN(Cc2cccc3ccccc23)CC1.